The van der Waals surface area contributed by atoms with Crippen molar-refractivity contribution in [1.82, 2.24) is 0 Å². The normalized spacial score (nSPS) is 40.0. The quantitative estimate of drug-likeness (QED) is 0.113. The number of hydrogen-bond acceptors (Lipinski definition) is 7. The number of aryl methyl sites for hydroxylation is 1. The lowest BCUT2D eigenvalue weighted by Gasteiger charge is -2.70. The predicted octanol–water partition coefficient (Wildman–Crippen LogP) is 12.8. The van der Waals surface area contributed by atoms with Gasteiger partial charge in [0.15, 0.2) is 0 Å². The molecule has 0 aromatic heterocycles. The first-order valence-electron chi connectivity index (χ1n) is 28.8. The van der Waals surface area contributed by atoms with Crippen molar-refractivity contribution in [3.63, 3.8) is 0 Å². The van der Waals surface area contributed by atoms with Crippen molar-refractivity contribution in [2.45, 2.75) is 218 Å². The van der Waals surface area contributed by atoms with Gasteiger partial charge in [0.25, 0.3) is 0 Å². The molecule has 0 radical (unpaired) electrons. The fourth-order valence-electron chi connectivity index (χ4n) is 19.0. The van der Waals surface area contributed by atoms with Gasteiger partial charge in [0.05, 0.1) is 23.2 Å². The third-order valence-corrected chi connectivity index (χ3v) is 22.1. The van der Waals surface area contributed by atoms with Gasteiger partial charge in [-0.15, -0.1) is 5.92 Å². The summed E-state index contributed by atoms with van der Waals surface area (Å²) in [6, 6.07) is 22.2. The number of ether oxygens (including phenoxy) is 2. The molecule has 7 heteroatoms. The highest BCUT2D eigenvalue weighted by molar-refractivity contribution is 5.85. The van der Waals surface area contributed by atoms with E-state index < -0.39 is 46.6 Å². The number of fused-ring (bicyclic) bond motifs is 3. The molecule has 6 fully saturated rings. The van der Waals surface area contributed by atoms with Gasteiger partial charge in [-0.2, -0.15) is 0 Å². The third-order valence-electron chi connectivity index (χ3n) is 22.1. The van der Waals surface area contributed by atoms with Gasteiger partial charge >= 0.3 is 11.9 Å². The Morgan fingerprint density at radius 1 is 0.901 bits per heavy atom. The monoisotopic (exact) mass is 969 g/mol. The molecular weight excluding hydrogens is 881 g/mol. The van der Waals surface area contributed by atoms with Crippen molar-refractivity contribution in [3.8, 4) is 11.8 Å². The summed E-state index contributed by atoms with van der Waals surface area (Å²) in [5.41, 5.74) is 1.13. The van der Waals surface area contributed by atoms with E-state index in [1.807, 2.05) is 6.92 Å². The second kappa shape index (κ2) is 20.4. The number of aliphatic hydroxyl groups excluding tert-OH is 2. The highest BCUT2D eigenvalue weighted by Gasteiger charge is 2.75. The van der Waals surface area contributed by atoms with Gasteiger partial charge < -0.3 is 24.8 Å². The molecule has 2 aromatic carbocycles. The van der Waals surface area contributed by atoms with Crippen molar-refractivity contribution in [2.24, 2.45) is 63.1 Å². The largest absolute Gasteiger partial charge is 0.462 e. The molecule has 15 atom stereocenters. The van der Waals surface area contributed by atoms with Gasteiger partial charge in [0, 0.05) is 31.3 Å². The highest BCUT2D eigenvalue weighted by atomic mass is 16.5. The Labute approximate surface area is 427 Å². The van der Waals surface area contributed by atoms with E-state index in [9.17, 15) is 24.9 Å². The standard InChI is InChI=1S/C64H88O7/c1-44(16-14-19-47-17-8-5-9-18-47)24-25-55(66)64-56(67)29-32-59(4,58(64)54(71-46(3)65)36-45(2)63(64,69)35-27-49-37-57(68)70-42-49)53-28-33-60-39-50(53)21-15-20-48-26-34-62(38-48,43-60)52(40-60)41-61(30-12-7-13-31-61)51-22-10-6-11-23-51/h5-6,8-11,17-18,22-23,37,44-45,48,50,52-56,58,66-67,69H,7,12-14,16,19-20,24-36,38-43H2,1-4H3/t44-,45-,48-,50-,52-,53-,54-,55+,56+,58+,59+,60-,62-,63-,64+/m1/s1. The topological polar surface area (TPSA) is 113 Å². The van der Waals surface area contributed by atoms with Gasteiger partial charge in [-0.1, -0.05) is 113 Å². The number of benzene rings is 2. The van der Waals surface area contributed by atoms with Crippen molar-refractivity contribution >= 4 is 11.9 Å². The third kappa shape index (κ3) is 9.43. The molecule has 0 amide bonds. The Kier molecular flexibility index (Phi) is 14.6. The van der Waals surface area contributed by atoms with E-state index in [0.717, 1.165) is 56.9 Å². The molecule has 7 aliphatic carbocycles. The van der Waals surface area contributed by atoms with Crippen molar-refractivity contribution in [2.75, 3.05) is 6.61 Å². The number of rotatable bonds is 16. The number of carbonyl (C=O) groups excluding carboxylic acids is 2. The van der Waals surface area contributed by atoms with Crippen LogP contribution >= 0.6 is 0 Å². The number of carbonyl (C=O) groups is 2. The molecule has 10 rings (SSSR count). The van der Waals surface area contributed by atoms with Crippen LogP contribution in [0.2, 0.25) is 0 Å². The smallest absolute Gasteiger partial charge is 0.331 e. The zero-order chi connectivity index (χ0) is 49.7. The van der Waals surface area contributed by atoms with Crippen LogP contribution in [0.3, 0.4) is 0 Å². The molecule has 8 aliphatic rings. The molecule has 0 unspecified atom stereocenters. The second-order valence-electron chi connectivity index (χ2n) is 26.1. The molecule has 1 heterocycles. The number of cyclic esters (lactones) is 1. The minimum atomic E-state index is -1.53. The first-order chi connectivity index (χ1) is 34.1. The van der Waals surface area contributed by atoms with Crippen LogP contribution in [0.1, 0.15) is 193 Å². The maximum Gasteiger partial charge on any atom is 0.331 e. The molecule has 0 saturated heterocycles. The van der Waals surface area contributed by atoms with Gasteiger partial charge in [-0.05, 0) is 196 Å². The average molecular weight is 969 g/mol. The molecule has 1 aliphatic heterocycles. The fraction of sp³-hybridized carbons (Fsp3) is 0.719. The van der Waals surface area contributed by atoms with Crippen LogP contribution in [-0.2, 0) is 30.9 Å². The average Bonchev–Trinajstić information content (AvgIpc) is 4.05. The summed E-state index contributed by atoms with van der Waals surface area (Å²) in [6.07, 6.45) is 24.0. The summed E-state index contributed by atoms with van der Waals surface area (Å²) in [7, 11) is 0. The van der Waals surface area contributed by atoms with Crippen molar-refractivity contribution < 1.29 is 34.4 Å². The van der Waals surface area contributed by atoms with Crippen LogP contribution in [0.4, 0.5) is 0 Å². The minimum absolute atomic E-state index is 0.131. The van der Waals surface area contributed by atoms with E-state index in [-0.39, 0.29) is 47.6 Å². The van der Waals surface area contributed by atoms with Crippen LogP contribution in [0.15, 0.2) is 72.3 Å². The van der Waals surface area contributed by atoms with E-state index in [0.29, 0.717) is 55.3 Å². The second-order valence-corrected chi connectivity index (χ2v) is 26.1. The van der Waals surface area contributed by atoms with Gasteiger partial charge in [0.1, 0.15) is 12.7 Å². The molecule has 6 saturated carbocycles. The summed E-state index contributed by atoms with van der Waals surface area (Å²) < 4.78 is 11.9. The lowest BCUT2D eigenvalue weighted by Crippen LogP contribution is -2.77. The molecular formula is C64H88O7. The van der Waals surface area contributed by atoms with Crippen LogP contribution in [0.5, 0.6) is 0 Å². The van der Waals surface area contributed by atoms with Crippen molar-refractivity contribution in [3.05, 3.63) is 83.4 Å². The summed E-state index contributed by atoms with van der Waals surface area (Å²) in [6.45, 7) is 8.39. The Morgan fingerprint density at radius 2 is 1.66 bits per heavy atom. The van der Waals surface area contributed by atoms with Crippen LogP contribution in [0.25, 0.3) is 0 Å². The highest BCUT2D eigenvalue weighted by Crippen LogP contribution is 2.73. The molecule has 7 nitrogen and oxygen atoms in total. The minimum Gasteiger partial charge on any atom is -0.462 e. The lowest BCUT2D eigenvalue weighted by atomic mass is 9.36. The maximum absolute atomic E-state index is 14.0. The molecule has 3 N–H and O–H groups in total. The van der Waals surface area contributed by atoms with Gasteiger partial charge in [-0.25, -0.2) is 4.79 Å². The molecule has 4 bridgehead atoms. The summed E-state index contributed by atoms with van der Waals surface area (Å²) in [4.78, 5) is 25.8. The molecule has 386 valence electrons. The lowest BCUT2D eigenvalue weighted by molar-refractivity contribution is -0.328. The van der Waals surface area contributed by atoms with E-state index in [4.69, 9.17) is 9.47 Å². The van der Waals surface area contributed by atoms with Crippen LogP contribution in [-0.4, -0.2) is 57.8 Å². The predicted molar refractivity (Wildman–Crippen MR) is 280 cm³/mol. The molecule has 2 aromatic rings. The SMILES string of the molecule is CC(=O)O[C@@H]1C[C@@H](C)[C@](O)(CCC2=CC(=O)OC2)[C@@]2([C@@H](O)CC[C@H](C)CCCc3ccccc3)[C@@H](O)CC[C@@](C)([C@@H]3CC[C@]45C[C@H](CC6(c7ccccc7)CCCCC6)[C@@]6(CC[C@@H](CC#C[C@@H]3C4)C6)C5)[C@H]12. The number of aliphatic hydroxyl groups is 3. The zero-order valence-electron chi connectivity index (χ0n) is 44.0. The fourth-order valence-corrected chi connectivity index (χ4v) is 19.0. The van der Waals surface area contributed by atoms with Crippen molar-refractivity contribution in [1.29, 1.82) is 0 Å². The Hall–Kier alpha value is -3.44. The van der Waals surface area contributed by atoms with Crippen LogP contribution < -0.4 is 0 Å². The summed E-state index contributed by atoms with van der Waals surface area (Å²) in [5, 5.41) is 40.5. The van der Waals surface area contributed by atoms with Gasteiger partial charge in [0.2, 0.25) is 0 Å². The number of hydrogen-bond donors (Lipinski definition) is 3. The summed E-state index contributed by atoms with van der Waals surface area (Å²) in [5.74, 6) is 8.21. The Morgan fingerprint density at radius 3 is 2.39 bits per heavy atom. The Balaban J connectivity index is 0.999. The van der Waals surface area contributed by atoms with Gasteiger partial charge in [-0.3, -0.25) is 4.79 Å². The van der Waals surface area contributed by atoms with E-state index in [2.05, 4.69) is 86.4 Å². The maximum atomic E-state index is 14.0. The molecule has 2 spiro atoms. The first kappa shape index (κ1) is 51.1. The Bertz CT molecular complexity index is 2290. The van der Waals surface area contributed by atoms with Crippen LogP contribution in [0, 0.1) is 74.9 Å². The van der Waals surface area contributed by atoms with E-state index >= 15 is 0 Å². The van der Waals surface area contributed by atoms with E-state index in [1.54, 1.807) is 11.6 Å². The number of esters is 2. The summed E-state index contributed by atoms with van der Waals surface area (Å²) >= 11 is 0. The van der Waals surface area contributed by atoms with E-state index in [1.165, 1.54) is 83.1 Å². The molecule has 71 heavy (non-hydrogen) atoms. The first-order valence-corrected chi connectivity index (χ1v) is 28.8. The zero-order valence-corrected chi connectivity index (χ0v) is 44.0.